The van der Waals surface area contributed by atoms with E-state index in [1.807, 2.05) is 25.1 Å². The van der Waals surface area contributed by atoms with Gasteiger partial charge in [0.25, 0.3) is 5.91 Å². The first-order chi connectivity index (χ1) is 8.61. The highest BCUT2D eigenvalue weighted by atomic mass is 79.9. The van der Waals surface area contributed by atoms with Crippen molar-refractivity contribution in [3.05, 3.63) is 33.8 Å². The lowest BCUT2D eigenvalue weighted by Gasteiger charge is -2.22. The summed E-state index contributed by atoms with van der Waals surface area (Å²) in [6, 6.07) is 5.68. The second-order valence-electron chi connectivity index (χ2n) is 3.89. The Labute approximate surface area is 125 Å². The Bertz CT molecular complexity index is 410. The summed E-state index contributed by atoms with van der Waals surface area (Å²) in [5.74, 6) is 0.0466. The molecule has 0 atom stereocenters. The van der Waals surface area contributed by atoms with Crippen molar-refractivity contribution in [3.63, 3.8) is 0 Å². The highest BCUT2D eigenvalue weighted by Crippen LogP contribution is 2.20. The summed E-state index contributed by atoms with van der Waals surface area (Å²) in [7, 11) is 1.64. The first-order valence-electron chi connectivity index (χ1n) is 5.71. The molecule has 0 N–H and O–H groups in total. The summed E-state index contributed by atoms with van der Waals surface area (Å²) in [6.07, 6.45) is 0. The predicted molar refractivity (Wildman–Crippen MR) is 80.5 cm³/mol. The molecular formula is C13H17Br2NO2. The number of carbonyl (C=O) groups is 1. The maximum absolute atomic E-state index is 12.4. The summed E-state index contributed by atoms with van der Waals surface area (Å²) in [4.78, 5) is 14.2. The molecule has 0 unspecified atom stereocenters. The van der Waals surface area contributed by atoms with Gasteiger partial charge >= 0.3 is 0 Å². The zero-order valence-corrected chi connectivity index (χ0v) is 13.8. The Hall–Kier alpha value is -0.390. The number of nitrogens with zero attached hydrogens (tertiary/aromatic N) is 1. The minimum absolute atomic E-state index is 0.0466. The fourth-order valence-corrected chi connectivity index (χ4v) is 2.42. The number of carbonyl (C=O) groups excluding carboxylic acids is 1. The summed E-state index contributed by atoms with van der Waals surface area (Å²) < 4.78 is 6.00. The van der Waals surface area contributed by atoms with E-state index in [0.29, 0.717) is 19.7 Å². The van der Waals surface area contributed by atoms with Crippen LogP contribution in [-0.4, -0.2) is 42.9 Å². The van der Waals surface area contributed by atoms with Gasteiger partial charge in [-0.05, 0) is 24.6 Å². The van der Waals surface area contributed by atoms with Crippen molar-refractivity contribution < 1.29 is 9.53 Å². The van der Waals surface area contributed by atoms with Crippen molar-refractivity contribution >= 4 is 37.8 Å². The van der Waals surface area contributed by atoms with Crippen LogP contribution >= 0.6 is 31.9 Å². The van der Waals surface area contributed by atoms with Crippen LogP contribution < -0.4 is 0 Å². The molecule has 3 nitrogen and oxygen atoms in total. The van der Waals surface area contributed by atoms with Crippen LogP contribution in [0.4, 0.5) is 0 Å². The largest absolute Gasteiger partial charge is 0.383 e. The average Bonchev–Trinajstić information content (AvgIpc) is 2.37. The molecule has 0 aliphatic rings. The molecular weight excluding hydrogens is 362 g/mol. The van der Waals surface area contributed by atoms with Crippen molar-refractivity contribution in [2.24, 2.45) is 0 Å². The van der Waals surface area contributed by atoms with E-state index in [-0.39, 0.29) is 5.91 Å². The van der Waals surface area contributed by atoms with Crippen LogP contribution in [0.25, 0.3) is 0 Å². The van der Waals surface area contributed by atoms with Gasteiger partial charge in [-0.2, -0.15) is 0 Å². The van der Waals surface area contributed by atoms with Crippen LogP contribution in [0.2, 0.25) is 0 Å². The summed E-state index contributed by atoms with van der Waals surface area (Å²) >= 11 is 6.82. The molecule has 1 aromatic rings. The monoisotopic (exact) mass is 377 g/mol. The van der Waals surface area contributed by atoms with Gasteiger partial charge in [0.05, 0.1) is 6.61 Å². The molecule has 0 aliphatic carbocycles. The molecule has 0 bridgehead atoms. The van der Waals surface area contributed by atoms with Crippen molar-refractivity contribution in [3.8, 4) is 0 Å². The van der Waals surface area contributed by atoms with Crippen LogP contribution in [0.1, 0.15) is 15.9 Å². The minimum Gasteiger partial charge on any atom is -0.383 e. The highest BCUT2D eigenvalue weighted by Gasteiger charge is 2.17. The van der Waals surface area contributed by atoms with Gasteiger partial charge in [0, 0.05) is 35.6 Å². The summed E-state index contributed by atoms with van der Waals surface area (Å²) in [6.45, 7) is 3.77. The van der Waals surface area contributed by atoms with Crippen LogP contribution in [0.5, 0.6) is 0 Å². The Balaban J connectivity index is 2.90. The first kappa shape index (κ1) is 15.7. The Kier molecular flexibility index (Phi) is 6.89. The SMILES string of the molecule is COCCN(CCBr)C(=O)c1cccc(Br)c1C. The van der Waals surface area contributed by atoms with Crippen LogP contribution in [0, 0.1) is 6.92 Å². The maximum Gasteiger partial charge on any atom is 0.254 e. The molecule has 0 heterocycles. The summed E-state index contributed by atoms with van der Waals surface area (Å²) in [5.41, 5.74) is 1.71. The van der Waals surface area contributed by atoms with Crippen molar-refractivity contribution in [1.82, 2.24) is 4.90 Å². The van der Waals surface area contributed by atoms with Gasteiger partial charge in [-0.25, -0.2) is 0 Å². The number of ether oxygens (including phenoxy) is 1. The Morgan fingerprint density at radius 3 is 2.72 bits per heavy atom. The van der Waals surface area contributed by atoms with Gasteiger partial charge in [-0.3, -0.25) is 4.79 Å². The standard InChI is InChI=1S/C13H17Br2NO2/c1-10-11(4-3-5-12(10)15)13(17)16(7-6-14)8-9-18-2/h3-5H,6-9H2,1-2H3. The molecule has 0 spiro atoms. The molecule has 1 rings (SSSR count). The fourth-order valence-electron chi connectivity index (χ4n) is 1.63. The quantitative estimate of drug-likeness (QED) is 0.711. The molecule has 5 heteroatoms. The van der Waals surface area contributed by atoms with E-state index in [0.717, 1.165) is 20.9 Å². The number of benzene rings is 1. The number of alkyl halides is 1. The van der Waals surface area contributed by atoms with E-state index in [4.69, 9.17) is 4.74 Å². The lowest BCUT2D eigenvalue weighted by Crippen LogP contribution is -2.35. The molecule has 1 aromatic carbocycles. The third kappa shape index (κ3) is 4.07. The van der Waals surface area contributed by atoms with Gasteiger partial charge in [0.1, 0.15) is 0 Å². The Morgan fingerprint density at radius 2 is 2.11 bits per heavy atom. The van der Waals surface area contributed by atoms with Crippen LogP contribution in [0.3, 0.4) is 0 Å². The van der Waals surface area contributed by atoms with Crippen molar-refractivity contribution in [2.75, 3.05) is 32.1 Å². The lowest BCUT2D eigenvalue weighted by molar-refractivity contribution is 0.0708. The fraction of sp³-hybridized carbons (Fsp3) is 0.462. The van der Waals surface area contributed by atoms with Gasteiger partial charge in [-0.1, -0.05) is 37.9 Å². The van der Waals surface area contributed by atoms with Crippen molar-refractivity contribution in [1.29, 1.82) is 0 Å². The van der Waals surface area contributed by atoms with E-state index in [9.17, 15) is 4.79 Å². The molecule has 0 saturated carbocycles. The minimum atomic E-state index is 0.0466. The molecule has 0 fully saturated rings. The van der Waals surface area contributed by atoms with Gasteiger partial charge in [0.2, 0.25) is 0 Å². The molecule has 0 aromatic heterocycles. The number of rotatable bonds is 6. The normalized spacial score (nSPS) is 10.4. The smallest absolute Gasteiger partial charge is 0.254 e. The summed E-state index contributed by atoms with van der Waals surface area (Å²) in [5, 5.41) is 0.759. The molecule has 100 valence electrons. The van der Waals surface area contributed by atoms with E-state index in [2.05, 4.69) is 31.9 Å². The van der Waals surface area contributed by atoms with Crippen molar-refractivity contribution in [2.45, 2.75) is 6.92 Å². The molecule has 0 radical (unpaired) electrons. The van der Waals surface area contributed by atoms with E-state index < -0.39 is 0 Å². The highest BCUT2D eigenvalue weighted by molar-refractivity contribution is 9.10. The lowest BCUT2D eigenvalue weighted by atomic mass is 10.1. The van der Waals surface area contributed by atoms with E-state index >= 15 is 0 Å². The van der Waals surface area contributed by atoms with E-state index in [1.165, 1.54) is 0 Å². The molecule has 0 saturated heterocycles. The third-order valence-electron chi connectivity index (χ3n) is 2.71. The molecule has 1 amide bonds. The Morgan fingerprint density at radius 1 is 1.39 bits per heavy atom. The van der Waals surface area contributed by atoms with E-state index in [1.54, 1.807) is 12.0 Å². The van der Waals surface area contributed by atoms with Crippen LogP contribution in [0.15, 0.2) is 22.7 Å². The van der Waals surface area contributed by atoms with Gasteiger partial charge in [-0.15, -0.1) is 0 Å². The predicted octanol–water partition coefficient (Wildman–Crippen LogP) is 3.24. The number of methoxy groups -OCH3 is 1. The number of hydrogen-bond donors (Lipinski definition) is 0. The van der Waals surface area contributed by atoms with Gasteiger partial charge in [0.15, 0.2) is 0 Å². The number of amides is 1. The number of halogens is 2. The second-order valence-corrected chi connectivity index (χ2v) is 5.53. The number of hydrogen-bond acceptors (Lipinski definition) is 2. The first-order valence-corrected chi connectivity index (χ1v) is 7.62. The van der Waals surface area contributed by atoms with Crippen LogP contribution in [-0.2, 0) is 4.74 Å². The zero-order valence-electron chi connectivity index (χ0n) is 10.6. The second kappa shape index (κ2) is 7.92. The molecule has 0 aliphatic heterocycles. The maximum atomic E-state index is 12.4. The third-order valence-corrected chi connectivity index (χ3v) is 3.92. The zero-order chi connectivity index (χ0) is 13.5. The topological polar surface area (TPSA) is 29.5 Å². The average molecular weight is 379 g/mol. The van der Waals surface area contributed by atoms with Gasteiger partial charge < -0.3 is 9.64 Å². The molecule has 18 heavy (non-hydrogen) atoms.